The van der Waals surface area contributed by atoms with Gasteiger partial charge in [-0.05, 0) is 43.9 Å². The van der Waals surface area contributed by atoms with Crippen LogP contribution in [0.1, 0.15) is 30.9 Å². The number of nitrogens with two attached hydrogens (primary N) is 1. The van der Waals surface area contributed by atoms with E-state index in [9.17, 15) is 4.79 Å². The molecule has 0 bridgehead atoms. The van der Waals surface area contributed by atoms with E-state index in [1.54, 1.807) is 0 Å². The highest BCUT2D eigenvalue weighted by Crippen LogP contribution is 2.30. The van der Waals surface area contributed by atoms with Crippen LogP contribution in [-0.2, 0) is 0 Å². The molecule has 90 valence electrons. The number of hydrogen-bond donors (Lipinski definition) is 2. The van der Waals surface area contributed by atoms with Crippen molar-refractivity contribution in [3.8, 4) is 0 Å². The Morgan fingerprint density at radius 3 is 2.94 bits per heavy atom. The van der Waals surface area contributed by atoms with Crippen LogP contribution in [-0.4, -0.2) is 15.6 Å². The van der Waals surface area contributed by atoms with Gasteiger partial charge in [0, 0.05) is 12.1 Å². The van der Waals surface area contributed by atoms with Crippen molar-refractivity contribution in [3.05, 3.63) is 34.2 Å². The van der Waals surface area contributed by atoms with E-state index < -0.39 is 0 Å². The molecule has 0 saturated heterocycles. The van der Waals surface area contributed by atoms with Gasteiger partial charge in [-0.1, -0.05) is 6.07 Å². The Morgan fingerprint density at radius 2 is 2.24 bits per heavy atom. The summed E-state index contributed by atoms with van der Waals surface area (Å²) >= 11 is 0. The van der Waals surface area contributed by atoms with E-state index in [0.717, 1.165) is 35.9 Å². The molecule has 0 aliphatic heterocycles. The van der Waals surface area contributed by atoms with Gasteiger partial charge in [0.05, 0.1) is 11.0 Å². The van der Waals surface area contributed by atoms with Crippen LogP contribution >= 0.6 is 0 Å². The molecule has 0 radical (unpaired) electrons. The third-order valence-electron chi connectivity index (χ3n) is 3.68. The van der Waals surface area contributed by atoms with Crippen LogP contribution in [0.3, 0.4) is 0 Å². The van der Waals surface area contributed by atoms with Gasteiger partial charge in [-0.2, -0.15) is 0 Å². The summed E-state index contributed by atoms with van der Waals surface area (Å²) < 4.78 is 1.88. The van der Waals surface area contributed by atoms with Crippen molar-refractivity contribution in [2.45, 2.75) is 38.3 Å². The Bertz CT molecular complexity index is 611. The van der Waals surface area contributed by atoms with Gasteiger partial charge in [-0.3, -0.25) is 4.57 Å². The minimum absolute atomic E-state index is 0.00954. The first-order valence-corrected chi connectivity index (χ1v) is 6.11. The normalized spacial score (nSPS) is 24.6. The molecule has 3 N–H and O–H groups in total. The molecule has 0 amide bonds. The maximum atomic E-state index is 12.0. The molecule has 1 aliphatic carbocycles. The zero-order valence-corrected chi connectivity index (χ0v) is 9.94. The molecule has 2 unspecified atom stereocenters. The highest BCUT2D eigenvalue weighted by atomic mass is 16.1. The van der Waals surface area contributed by atoms with Gasteiger partial charge in [-0.25, -0.2) is 4.79 Å². The van der Waals surface area contributed by atoms with Gasteiger partial charge in [0.25, 0.3) is 0 Å². The van der Waals surface area contributed by atoms with Crippen LogP contribution in [0.5, 0.6) is 0 Å². The van der Waals surface area contributed by atoms with E-state index in [1.165, 1.54) is 0 Å². The summed E-state index contributed by atoms with van der Waals surface area (Å²) in [7, 11) is 0. The minimum atomic E-state index is -0.00954. The first-order chi connectivity index (χ1) is 8.15. The molecule has 2 aromatic rings. The second-order valence-electron chi connectivity index (χ2n) is 5.05. The van der Waals surface area contributed by atoms with Crippen molar-refractivity contribution in [2.75, 3.05) is 0 Å². The van der Waals surface area contributed by atoms with Crippen molar-refractivity contribution < 1.29 is 0 Å². The fourth-order valence-corrected chi connectivity index (χ4v) is 2.83. The molecule has 4 nitrogen and oxygen atoms in total. The fourth-order valence-electron chi connectivity index (χ4n) is 2.83. The van der Waals surface area contributed by atoms with Crippen LogP contribution in [0.15, 0.2) is 23.0 Å². The standard InChI is InChI=1S/C13H17N3O/c1-8-2-5-12-11(6-8)15-13(17)16(12)10-4-3-9(14)7-10/h2,5-6,9-10H,3-4,7,14H2,1H3,(H,15,17). The molecular weight excluding hydrogens is 214 g/mol. The summed E-state index contributed by atoms with van der Waals surface area (Å²) in [4.78, 5) is 14.9. The number of aromatic nitrogens is 2. The number of imidazole rings is 1. The van der Waals surface area contributed by atoms with E-state index in [-0.39, 0.29) is 17.8 Å². The summed E-state index contributed by atoms with van der Waals surface area (Å²) in [6.07, 6.45) is 2.91. The molecule has 1 aliphatic rings. The zero-order chi connectivity index (χ0) is 12.0. The Kier molecular flexibility index (Phi) is 2.33. The van der Waals surface area contributed by atoms with Crippen LogP contribution in [0.25, 0.3) is 11.0 Å². The number of benzene rings is 1. The lowest BCUT2D eigenvalue weighted by Gasteiger charge is -2.11. The van der Waals surface area contributed by atoms with Crippen molar-refractivity contribution >= 4 is 11.0 Å². The summed E-state index contributed by atoms with van der Waals surface area (Å²) in [6.45, 7) is 2.03. The van der Waals surface area contributed by atoms with E-state index in [2.05, 4.69) is 4.98 Å². The smallest absolute Gasteiger partial charge is 0.326 e. The molecule has 4 heteroatoms. The molecule has 1 fully saturated rings. The summed E-state index contributed by atoms with van der Waals surface area (Å²) in [5.41, 5.74) is 9.00. The SMILES string of the molecule is Cc1ccc2c(c1)[nH]c(=O)n2C1CCC(N)C1. The van der Waals surface area contributed by atoms with Gasteiger partial charge in [0.1, 0.15) is 0 Å². The quantitative estimate of drug-likeness (QED) is 0.784. The van der Waals surface area contributed by atoms with E-state index in [0.29, 0.717) is 0 Å². The number of hydrogen-bond acceptors (Lipinski definition) is 2. The lowest BCUT2D eigenvalue weighted by Crippen LogP contribution is -2.22. The summed E-state index contributed by atoms with van der Waals surface area (Å²) in [5, 5.41) is 0. The monoisotopic (exact) mass is 231 g/mol. The summed E-state index contributed by atoms with van der Waals surface area (Å²) in [6, 6.07) is 6.58. The van der Waals surface area contributed by atoms with Gasteiger partial charge in [0.2, 0.25) is 0 Å². The highest BCUT2D eigenvalue weighted by Gasteiger charge is 2.25. The fraction of sp³-hybridized carbons (Fsp3) is 0.462. The molecule has 1 aromatic carbocycles. The Morgan fingerprint density at radius 1 is 1.41 bits per heavy atom. The predicted molar refractivity (Wildman–Crippen MR) is 68.2 cm³/mol. The lowest BCUT2D eigenvalue weighted by atomic mass is 10.2. The topological polar surface area (TPSA) is 63.8 Å². The van der Waals surface area contributed by atoms with Crippen molar-refractivity contribution in [1.82, 2.24) is 9.55 Å². The molecule has 0 spiro atoms. The molecule has 3 rings (SSSR count). The maximum absolute atomic E-state index is 12.0. The van der Waals surface area contributed by atoms with Crippen LogP contribution in [0, 0.1) is 6.92 Å². The first kappa shape index (κ1) is 10.6. The number of aryl methyl sites for hydroxylation is 1. The third-order valence-corrected chi connectivity index (χ3v) is 3.68. The van der Waals surface area contributed by atoms with Gasteiger partial charge in [-0.15, -0.1) is 0 Å². The molecule has 17 heavy (non-hydrogen) atoms. The van der Waals surface area contributed by atoms with Gasteiger partial charge < -0.3 is 10.7 Å². The average Bonchev–Trinajstić information content (AvgIpc) is 2.80. The Balaban J connectivity index is 2.15. The van der Waals surface area contributed by atoms with Crippen molar-refractivity contribution in [1.29, 1.82) is 0 Å². The molecule has 1 saturated carbocycles. The molecule has 1 heterocycles. The number of H-pyrrole nitrogens is 1. The average molecular weight is 231 g/mol. The van der Waals surface area contributed by atoms with Crippen molar-refractivity contribution in [3.63, 3.8) is 0 Å². The van der Waals surface area contributed by atoms with E-state index in [4.69, 9.17) is 5.73 Å². The number of aromatic amines is 1. The molecule has 2 atom stereocenters. The van der Waals surface area contributed by atoms with Crippen LogP contribution in [0.2, 0.25) is 0 Å². The molecule has 1 aromatic heterocycles. The number of nitrogens with zero attached hydrogens (tertiary/aromatic N) is 1. The molecular formula is C13H17N3O. The van der Waals surface area contributed by atoms with Crippen LogP contribution < -0.4 is 11.4 Å². The van der Waals surface area contributed by atoms with Gasteiger partial charge >= 0.3 is 5.69 Å². The maximum Gasteiger partial charge on any atom is 0.326 e. The second kappa shape index (κ2) is 3.74. The minimum Gasteiger partial charge on any atom is -0.328 e. The number of nitrogens with one attached hydrogen (secondary N) is 1. The number of fused-ring (bicyclic) bond motifs is 1. The predicted octanol–water partition coefficient (Wildman–Crippen LogP) is 1.69. The van der Waals surface area contributed by atoms with Gasteiger partial charge in [0.15, 0.2) is 0 Å². The highest BCUT2D eigenvalue weighted by molar-refractivity contribution is 5.76. The number of rotatable bonds is 1. The largest absolute Gasteiger partial charge is 0.328 e. The second-order valence-corrected chi connectivity index (χ2v) is 5.05. The zero-order valence-electron chi connectivity index (χ0n) is 9.94. The summed E-state index contributed by atoms with van der Waals surface area (Å²) in [5.74, 6) is 0. The third kappa shape index (κ3) is 1.69. The Labute approximate surface area is 99.4 Å². The lowest BCUT2D eigenvalue weighted by molar-refractivity contribution is 0.509. The van der Waals surface area contributed by atoms with Crippen LogP contribution in [0.4, 0.5) is 0 Å². The van der Waals surface area contributed by atoms with Crippen molar-refractivity contribution in [2.24, 2.45) is 5.73 Å². The Hall–Kier alpha value is -1.55. The van der Waals surface area contributed by atoms with E-state index >= 15 is 0 Å². The first-order valence-electron chi connectivity index (χ1n) is 6.11. The van der Waals surface area contributed by atoms with E-state index in [1.807, 2.05) is 29.7 Å².